The third kappa shape index (κ3) is 6.10. The molecule has 0 saturated heterocycles. The van der Waals surface area contributed by atoms with Crippen molar-refractivity contribution in [2.24, 2.45) is 11.8 Å². The first-order chi connectivity index (χ1) is 20.7. The molecule has 4 aromatic rings. The lowest BCUT2D eigenvalue weighted by Crippen LogP contribution is -2.56. The molecule has 0 heterocycles. The van der Waals surface area contributed by atoms with Crippen LogP contribution in [0.3, 0.4) is 0 Å². The van der Waals surface area contributed by atoms with Crippen LogP contribution in [0.2, 0.25) is 0 Å². The number of fused-ring (bicyclic) bond motifs is 1. The average molecular weight is 581 g/mol. The van der Waals surface area contributed by atoms with Crippen molar-refractivity contribution in [1.82, 2.24) is 0 Å². The Bertz CT molecular complexity index is 1640. The number of nitrogens with one attached hydrogen (secondary N) is 2. The van der Waals surface area contributed by atoms with Crippen LogP contribution in [-0.4, -0.2) is 41.5 Å². The number of aliphatic hydroxyl groups is 1. The van der Waals surface area contributed by atoms with E-state index < -0.39 is 41.0 Å². The Morgan fingerprint density at radius 1 is 0.791 bits per heavy atom. The molecule has 0 spiro atoms. The van der Waals surface area contributed by atoms with E-state index in [2.05, 4.69) is 10.6 Å². The van der Waals surface area contributed by atoms with Gasteiger partial charge in [0.15, 0.2) is 0 Å². The second-order valence-corrected chi connectivity index (χ2v) is 10.9. The zero-order valence-electron chi connectivity index (χ0n) is 24.5. The Hall–Kier alpha value is -4.69. The minimum absolute atomic E-state index is 0.370. The van der Waals surface area contributed by atoms with Gasteiger partial charge in [-0.05, 0) is 61.4 Å². The molecule has 1 fully saturated rings. The van der Waals surface area contributed by atoms with Crippen LogP contribution in [0.4, 0.5) is 11.4 Å². The van der Waals surface area contributed by atoms with Crippen molar-refractivity contribution in [3.05, 3.63) is 96.6 Å². The highest BCUT2D eigenvalue weighted by molar-refractivity contribution is 6.11. The van der Waals surface area contributed by atoms with Crippen LogP contribution in [-0.2, 0) is 14.4 Å². The van der Waals surface area contributed by atoms with Crippen molar-refractivity contribution in [2.45, 2.75) is 38.7 Å². The standard InChI is InChI=1S/C35H36N2O6/c1-4-42-28-19-10-8-17-25(28)36-33(39)31-27(38)21-35(3,41)32(34(40)37-26-18-9-11-20-29(26)43-5-2)30(31)24-16-12-14-22-13-6-7-15-23(22)24/h6-20,30-32,41H,4-5,21H2,1-3H3,(H,36,39)(H,37,40). The zero-order valence-corrected chi connectivity index (χ0v) is 24.5. The smallest absolute Gasteiger partial charge is 0.235 e. The Balaban J connectivity index is 1.63. The summed E-state index contributed by atoms with van der Waals surface area (Å²) in [5.41, 5.74) is -0.264. The lowest BCUT2D eigenvalue weighted by atomic mass is 9.60. The van der Waals surface area contributed by atoms with Gasteiger partial charge in [0.1, 0.15) is 23.2 Å². The van der Waals surface area contributed by atoms with Gasteiger partial charge in [-0.25, -0.2) is 0 Å². The van der Waals surface area contributed by atoms with Crippen LogP contribution < -0.4 is 20.1 Å². The highest BCUT2D eigenvalue weighted by atomic mass is 16.5. The SMILES string of the molecule is CCOc1ccccc1NC(=O)C1C(=O)CC(C)(O)C(C(=O)Nc2ccccc2OCC)C1c1cccc2ccccc12. The van der Waals surface area contributed by atoms with Gasteiger partial charge in [-0.3, -0.25) is 14.4 Å². The maximum atomic E-state index is 14.2. The molecule has 4 aromatic carbocycles. The van der Waals surface area contributed by atoms with Crippen molar-refractivity contribution in [3.63, 3.8) is 0 Å². The quantitative estimate of drug-likeness (QED) is 0.211. The minimum atomic E-state index is -1.75. The van der Waals surface area contributed by atoms with Gasteiger partial charge in [0, 0.05) is 12.3 Å². The van der Waals surface area contributed by atoms with Crippen LogP contribution in [0, 0.1) is 11.8 Å². The third-order valence-electron chi connectivity index (χ3n) is 7.90. The van der Waals surface area contributed by atoms with Crippen LogP contribution in [0.25, 0.3) is 10.8 Å². The topological polar surface area (TPSA) is 114 Å². The molecule has 0 bridgehead atoms. The Labute approximate surface area is 251 Å². The first kappa shape index (κ1) is 29.8. The lowest BCUT2D eigenvalue weighted by molar-refractivity contribution is -0.150. The molecule has 0 aliphatic heterocycles. The summed E-state index contributed by atoms with van der Waals surface area (Å²) in [5, 5.41) is 19.3. The number of hydrogen-bond donors (Lipinski definition) is 3. The molecule has 1 aliphatic carbocycles. The molecule has 2 amide bonds. The van der Waals surface area contributed by atoms with E-state index in [0.717, 1.165) is 10.8 Å². The molecule has 222 valence electrons. The van der Waals surface area contributed by atoms with E-state index in [1.54, 1.807) is 48.5 Å². The van der Waals surface area contributed by atoms with Crippen LogP contribution >= 0.6 is 0 Å². The van der Waals surface area contributed by atoms with Gasteiger partial charge in [0.2, 0.25) is 11.8 Å². The van der Waals surface area contributed by atoms with Crippen molar-refractivity contribution < 1.29 is 29.0 Å². The monoisotopic (exact) mass is 580 g/mol. The Morgan fingerprint density at radius 2 is 1.33 bits per heavy atom. The molecule has 0 radical (unpaired) electrons. The second kappa shape index (κ2) is 12.7. The summed E-state index contributed by atoms with van der Waals surface area (Å²) >= 11 is 0. The maximum absolute atomic E-state index is 14.2. The number of rotatable bonds is 9. The molecule has 5 rings (SSSR count). The number of Topliss-reactive ketones (excluding diaryl/α,β-unsaturated/α-hetero) is 1. The predicted octanol–water partition coefficient (Wildman–Crippen LogP) is 5.95. The lowest BCUT2D eigenvalue weighted by Gasteiger charge is -2.44. The summed E-state index contributed by atoms with van der Waals surface area (Å²) in [6.07, 6.45) is -0.370. The van der Waals surface area contributed by atoms with Gasteiger partial charge < -0.3 is 25.2 Å². The Morgan fingerprint density at radius 3 is 1.95 bits per heavy atom. The fourth-order valence-electron chi connectivity index (χ4n) is 6.13. The van der Waals surface area contributed by atoms with Crippen molar-refractivity contribution in [1.29, 1.82) is 0 Å². The van der Waals surface area contributed by atoms with Crippen molar-refractivity contribution in [2.75, 3.05) is 23.8 Å². The number of benzene rings is 4. The van der Waals surface area contributed by atoms with Gasteiger partial charge in [-0.1, -0.05) is 66.7 Å². The summed E-state index contributed by atoms with van der Waals surface area (Å²) in [4.78, 5) is 42.2. The van der Waals surface area contributed by atoms with Gasteiger partial charge in [-0.15, -0.1) is 0 Å². The van der Waals surface area contributed by atoms with Gasteiger partial charge in [0.05, 0.1) is 36.1 Å². The number of carbonyl (C=O) groups excluding carboxylic acids is 3. The summed E-state index contributed by atoms with van der Waals surface area (Å²) in [5.74, 6) is -4.00. The summed E-state index contributed by atoms with van der Waals surface area (Å²) < 4.78 is 11.4. The van der Waals surface area contributed by atoms with Gasteiger partial charge >= 0.3 is 0 Å². The number of para-hydroxylation sites is 4. The molecule has 1 aliphatic rings. The largest absolute Gasteiger partial charge is 0.492 e. The predicted molar refractivity (Wildman–Crippen MR) is 166 cm³/mol. The van der Waals surface area contributed by atoms with Crippen LogP contribution in [0.1, 0.15) is 38.7 Å². The second-order valence-electron chi connectivity index (χ2n) is 10.9. The fraction of sp³-hybridized carbons (Fsp3) is 0.286. The molecule has 43 heavy (non-hydrogen) atoms. The number of carbonyl (C=O) groups is 3. The van der Waals surface area contributed by atoms with E-state index in [-0.39, 0.29) is 6.42 Å². The van der Waals surface area contributed by atoms with Crippen LogP contribution in [0.15, 0.2) is 91.0 Å². The molecular formula is C35H36N2O6. The first-order valence-electron chi connectivity index (χ1n) is 14.5. The van der Waals surface area contributed by atoms with E-state index in [1.807, 2.05) is 56.3 Å². The van der Waals surface area contributed by atoms with Crippen LogP contribution in [0.5, 0.6) is 11.5 Å². The van der Waals surface area contributed by atoms with E-state index in [4.69, 9.17) is 9.47 Å². The van der Waals surface area contributed by atoms with Gasteiger partial charge in [0.25, 0.3) is 0 Å². The Kier molecular flexibility index (Phi) is 8.78. The number of anilines is 2. The average Bonchev–Trinajstić information content (AvgIpc) is 2.98. The van der Waals surface area contributed by atoms with E-state index >= 15 is 0 Å². The summed E-state index contributed by atoms with van der Waals surface area (Å²) in [7, 11) is 0. The molecule has 4 unspecified atom stereocenters. The molecule has 3 N–H and O–H groups in total. The third-order valence-corrected chi connectivity index (χ3v) is 7.90. The van der Waals surface area contributed by atoms with Crippen molar-refractivity contribution in [3.8, 4) is 11.5 Å². The first-order valence-corrected chi connectivity index (χ1v) is 14.5. The molecule has 1 saturated carbocycles. The normalized spacial score (nSPS) is 21.7. The molecular weight excluding hydrogens is 544 g/mol. The minimum Gasteiger partial charge on any atom is -0.492 e. The maximum Gasteiger partial charge on any atom is 0.235 e. The number of amides is 2. The number of ketones is 1. The molecule has 0 aromatic heterocycles. The van der Waals surface area contributed by atoms with Gasteiger partial charge in [-0.2, -0.15) is 0 Å². The highest BCUT2D eigenvalue weighted by Gasteiger charge is 2.56. The fourth-order valence-corrected chi connectivity index (χ4v) is 6.13. The van der Waals surface area contributed by atoms with E-state index in [1.165, 1.54) is 6.92 Å². The number of ether oxygens (including phenoxy) is 2. The van der Waals surface area contributed by atoms with E-state index in [9.17, 15) is 19.5 Å². The van der Waals surface area contributed by atoms with E-state index in [0.29, 0.717) is 41.7 Å². The molecule has 8 heteroatoms. The summed E-state index contributed by atoms with van der Waals surface area (Å²) in [6.45, 7) is 5.96. The zero-order chi connectivity index (χ0) is 30.6. The molecule has 8 nitrogen and oxygen atoms in total. The summed E-state index contributed by atoms with van der Waals surface area (Å²) in [6, 6.07) is 27.2. The highest BCUT2D eigenvalue weighted by Crippen LogP contribution is 2.48. The number of hydrogen-bond acceptors (Lipinski definition) is 6. The van der Waals surface area contributed by atoms with Crippen molar-refractivity contribution >= 4 is 39.7 Å². The molecule has 4 atom stereocenters.